The van der Waals surface area contributed by atoms with Crippen molar-refractivity contribution in [2.45, 2.75) is 50.2 Å². The molecule has 0 spiro atoms. The van der Waals surface area contributed by atoms with E-state index < -0.39 is 5.97 Å². The van der Waals surface area contributed by atoms with Gasteiger partial charge in [0.2, 0.25) is 0 Å². The van der Waals surface area contributed by atoms with Crippen LogP contribution in [0.4, 0.5) is 4.79 Å². The molecule has 0 aromatic carbocycles. The Bertz CT molecular complexity index is 383. The summed E-state index contributed by atoms with van der Waals surface area (Å²) in [6.45, 7) is 4.44. The molecule has 2 unspecified atom stereocenters. The molecule has 2 heterocycles. The first-order valence-electron chi connectivity index (χ1n) is 7.87. The summed E-state index contributed by atoms with van der Waals surface area (Å²) < 4.78 is 0.189. The van der Waals surface area contributed by atoms with Gasteiger partial charge in [-0.3, -0.25) is 4.79 Å². The molecule has 2 rings (SSSR count). The maximum Gasteiger partial charge on any atom is 0.317 e. The minimum absolute atomic E-state index is 0.0174. The molecule has 2 saturated heterocycles. The fourth-order valence-corrected chi connectivity index (χ4v) is 4.41. The summed E-state index contributed by atoms with van der Waals surface area (Å²) in [5.41, 5.74) is 0. The van der Waals surface area contributed by atoms with Crippen molar-refractivity contribution in [3.63, 3.8) is 0 Å². The van der Waals surface area contributed by atoms with Crippen LogP contribution in [0.2, 0.25) is 0 Å². The van der Waals surface area contributed by atoms with Crippen molar-refractivity contribution in [2.75, 3.05) is 25.4 Å². The van der Waals surface area contributed by atoms with E-state index in [1.54, 1.807) is 0 Å². The van der Waals surface area contributed by atoms with E-state index in [4.69, 9.17) is 5.11 Å². The lowest BCUT2D eigenvalue weighted by Gasteiger charge is -2.33. The molecule has 0 radical (unpaired) electrons. The molecule has 21 heavy (non-hydrogen) atoms. The fourth-order valence-electron chi connectivity index (χ4n) is 3.16. The van der Waals surface area contributed by atoms with Crippen molar-refractivity contribution in [3.05, 3.63) is 0 Å². The minimum Gasteiger partial charge on any atom is -0.481 e. The Hall–Kier alpha value is -0.910. The van der Waals surface area contributed by atoms with Crippen LogP contribution in [0.1, 0.15) is 45.4 Å². The first kappa shape index (κ1) is 16.5. The topological polar surface area (TPSA) is 69.6 Å². The van der Waals surface area contributed by atoms with Crippen molar-refractivity contribution in [2.24, 2.45) is 5.92 Å². The van der Waals surface area contributed by atoms with Crippen LogP contribution in [0.5, 0.6) is 0 Å². The summed E-state index contributed by atoms with van der Waals surface area (Å²) in [6, 6.07) is 0.0174. The van der Waals surface area contributed by atoms with Gasteiger partial charge in [-0.1, -0.05) is 0 Å². The molecule has 2 fully saturated rings. The largest absolute Gasteiger partial charge is 0.481 e. The van der Waals surface area contributed by atoms with Gasteiger partial charge in [-0.25, -0.2) is 4.79 Å². The number of carboxylic acids is 1. The van der Waals surface area contributed by atoms with Gasteiger partial charge in [-0.05, 0) is 50.7 Å². The molecule has 0 aromatic heterocycles. The molecule has 0 saturated carbocycles. The Balaban J connectivity index is 1.74. The monoisotopic (exact) mass is 314 g/mol. The van der Waals surface area contributed by atoms with Gasteiger partial charge in [0.1, 0.15) is 0 Å². The van der Waals surface area contributed by atoms with E-state index in [1.807, 2.05) is 16.7 Å². The van der Waals surface area contributed by atoms with E-state index >= 15 is 0 Å². The highest BCUT2D eigenvalue weighted by Gasteiger charge is 2.31. The van der Waals surface area contributed by atoms with E-state index in [2.05, 4.69) is 12.2 Å². The van der Waals surface area contributed by atoms with Crippen molar-refractivity contribution in [1.82, 2.24) is 10.2 Å². The number of urea groups is 1. The molecule has 2 aliphatic heterocycles. The number of hydrogen-bond acceptors (Lipinski definition) is 3. The van der Waals surface area contributed by atoms with Crippen molar-refractivity contribution < 1.29 is 14.7 Å². The number of hydrogen-bond donors (Lipinski definition) is 2. The third-order valence-electron chi connectivity index (χ3n) is 4.49. The highest BCUT2D eigenvalue weighted by molar-refractivity contribution is 8.00. The first-order chi connectivity index (χ1) is 9.98. The number of carbonyl (C=O) groups excluding carboxylic acids is 1. The van der Waals surface area contributed by atoms with Crippen molar-refractivity contribution >= 4 is 23.8 Å². The number of carbonyl (C=O) groups is 2. The van der Waals surface area contributed by atoms with Crippen LogP contribution in [-0.2, 0) is 4.79 Å². The Labute approximate surface area is 130 Å². The van der Waals surface area contributed by atoms with Crippen molar-refractivity contribution in [1.29, 1.82) is 0 Å². The molecule has 5 nitrogen and oxygen atoms in total. The van der Waals surface area contributed by atoms with Crippen molar-refractivity contribution in [3.8, 4) is 0 Å². The van der Waals surface area contributed by atoms with Crippen LogP contribution in [0, 0.1) is 5.92 Å². The Morgan fingerprint density at radius 1 is 1.43 bits per heavy atom. The molecular formula is C15H26N2O3S. The lowest BCUT2D eigenvalue weighted by atomic mass is 9.93. The second-order valence-electron chi connectivity index (χ2n) is 6.45. The second-order valence-corrected chi connectivity index (χ2v) is 8.13. The second kappa shape index (κ2) is 7.38. The van der Waals surface area contributed by atoms with Crippen LogP contribution < -0.4 is 5.32 Å². The van der Waals surface area contributed by atoms with E-state index in [0.717, 1.165) is 25.9 Å². The zero-order valence-electron chi connectivity index (χ0n) is 12.8. The first-order valence-corrected chi connectivity index (χ1v) is 8.86. The summed E-state index contributed by atoms with van der Waals surface area (Å²) in [4.78, 5) is 24.8. The molecular weight excluding hydrogens is 288 g/mol. The number of likely N-dealkylation sites (tertiary alicyclic amines) is 1. The molecule has 2 aliphatic rings. The maximum absolute atomic E-state index is 12.3. The van der Waals surface area contributed by atoms with Crippen LogP contribution >= 0.6 is 11.8 Å². The van der Waals surface area contributed by atoms with E-state index in [1.165, 1.54) is 18.6 Å². The number of piperidine rings is 1. The molecule has 120 valence electrons. The SMILES string of the molecule is CC1(CNC(=O)N2CCCC(CCC(=O)O)C2)CCCS1. The maximum atomic E-state index is 12.3. The molecule has 2 amide bonds. The molecule has 0 bridgehead atoms. The summed E-state index contributed by atoms with van der Waals surface area (Å²) in [5, 5.41) is 11.8. The van der Waals surface area contributed by atoms with Gasteiger partial charge >= 0.3 is 12.0 Å². The Morgan fingerprint density at radius 3 is 2.90 bits per heavy atom. The van der Waals surface area contributed by atoms with Gasteiger partial charge in [0.15, 0.2) is 0 Å². The Morgan fingerprint density at radius 2 is 2.24 bits per heavy atom. The molecule has 2 atom stereocenters. The van der Waals surface area contributed by atoms with Gasteiger partial charge in [-0.15, -0.1) is 0 Å². The minimum atomic E-state index is -0.747. The zero-order valence-corrected chi connectivity index (χ0v) is 13.6. The average molecular weight is 314 g/mol. The van der Waals surface area contributed by atoms with Crippen LogP contribution in [0.15, 0.2) is 0 Å². The average Bonchev–Trinajstić information content (AvgIpc) is 2.90. The van der Waals surface area contributed by atoms with Gasteiger partial charge in [0.05, 0.1) is 0 Å². The van der Waals surface area contributed by atoms with Crippen LogP contribution in [0.3, 0.4) is 0 Å². The van der Waals surface area contributed by atoms with Crippen LogP contribution in [-0.4, -0.2) is 52.1 Å². The Kier molecular flexibility index (Phi) is 5.79. The number of rotatable bonds is 5. The molecule has 2 N–H and O–H groups in total. The zero-order chi connectivity index (χ0) is 15.3. The third-order valence-corrected chi connectivity index (χ3v) is 6.02. The van der Waals surface area contributed by atoms with E-state index in [0.29, 0.717) is 18.9 Å². The number of amides is 2. The molecule has 6 heteroatoms. The lowest BCUT2D eigenvalue weighted by molar-refractivity contribution is -0.137. The van der Waals surface area contributed by atoms with Gasteiger partial charge in [0.25, 0.3) is 0 Å². The standard InChI is InChI=1S/C15H26N2O3S/c1-15(7-3-9-21-15)11-16-14(20)17-8-2-4-12(10-17)5-6-13(18)19/h12H,2-11H2,1H3,(H,16,20)(H,18,19). The third kappa shape index (κ3) is 5.09. The van der Waals surface area contributed by atoms with E-state index in [-0.39, 0.29) is 17.2 Å². The fraction of sp³-hybridized carbons (Fsp3) is 0.867. The highest BCUT2D eigenvalue weighted by Crippen LogP contribution is 2.37. The normalized spacial score (nSPS) is 29.4. The predicted molar refractivity (Wildman–Crippen MR) is 84.7 cm³/mol. The van der Waals surface area contributed by atoms with E-state index in [9.17, 15) is 9.59 Å². The van der Waals surface area contributed by atoms with Gasteiger partial charge < -0.3 is 15.3 Å². The number of aliphatic carboxylic acids is 1. The van der Waals surface area contributed by atoms with Crippen LogP contribution in [0.25, 0.3) is 0 Å². The quantitative estimate of drug-likeness (QED) is 0.818. The highest BCUT2D eigenvalue weighted by atomic mass is 32.2. The predicted octanol–water partition coefficient (Wildman–Crippen LogP) is 2.56. The van der Waals surface area contributed by atoms with Gasteiger partial charge in [0, 0.05) is 30.8 Å². The smallest absolute Gasteiger partial charge is 0.317 e. The summed E-state index contributed by atoms with van der Waals surface area (Å²) in [6.07, 6.45) is 5.28. The number of carboxylic acid groups (broad SMARTS) is 1. The number of nitrogens with zero attached hydrogens (tertiary/aromatic N) is 1. The summed E-state index contributed by atoms with van der Waals surface area (Å²) >= 11 is 1.95. The number of thioether (sulfide) groups is 1. The molecule has 0 aliphatic carbocycles. The summed E-state index contributed by atoms with van der Waals surface area (Å²) in [7, 11) is 0. The lowest BCUT2D eigenvalue weighted by Crippen LogP contribution is -2.48. The summed E-state index contributed by atoms with van der Waals surface area (Å²) in [5.74, 6) is 0.771. The molecule has 0 aromatic rings. The van der Waals surface area contributed by atoms with Gasteiger partial charge in [-0.2, -0.15) is 11.8 Å². The number of nitrogens with one attached hydrogen (secondary N) is 1.